The first-order valence-corrected chi connectivity index (χ1v) is 3.34. The molecule has 1 spiro atoms. The Labute approximate surface area is 52.2 Å². The van der Waals surface area contributed by atoms with E-state index in [2.05, 4.69) is 0 Å². The van der Waals surface area contributed by atoms with Crippen LogP contribution >= 0.6 is 0 Å². The van der Waals surface area contributed by atoms with Gasteiger partial charge in [-0.15, -0.1) is 0 Å². The average molecular weight is 122 g/mol. The predicted octanol–water partition coefficient (Wildman–Crippen LogP) is 0.164. The molecule has 9 heavy (non-hydrogen) atoms. The Morgan fingerprint density at radius 2 is 1.56 bits per heavy atom. The minimum Gasteiger partial charge on any atom is -0.291 e. The van der Waals surface area contributed by atoms with Crippen molar-refractivity contribution in [2.45, 2.75) is 12.8 Å². The van der Waals surface area contributed by atoms with Crippen LogP contribution < -0.4 is 0 Å². The first-order valence-electron chi connectivity index (χ1n) is 3.34. The highest BCUT2D eigenvalue weighted by Crippen LogP contribution is 2.79. The van der Waals surface area contributed by atoms with Crippen molar-refractivity contribution < 1.29 is 9.59 Å². The van der Waals surface area contributed by atoms with E-state index in [0.717, 1.165) is 12.8 Å². The summed E-state index contributed by atoms with van der Waals surface area (Å²) < 4.78 is 0. The Kier molecular flexibility index (Phi) is 0.368. The van der Waals surface area contributed by atoms with Gasteiger partial charge in [-0.1, -0.05) is 0 Å². The third-order valence-corrected chi connectivity index (χ3v) is 3.11. The van der Waals surface area contributed by atoms with Gasteiger partial charge in [-0.2, -0.15) is 0 Å². The van der Waals surface area contributed by atoms with Crippen molar-refractivity contribution in [3.63, 3.8) is 0 Å². The van der Waals surface area contributed by atoms with Gasteiger partial charge in [-0.3, -0.25) is 9.59 Å². The van der Waals surface area contributed by atoms with E-state index < -0.39 is 0 Å². The van der Waals surface area contributed by atoms with Crippen LogP contribution in [0.15, 0.2) is 0 Å². The zero-order chi connectivity index (χ0) is 6.22. The number of Topliss-reactive ketones (excluding diaryl/α,β-unsaturated/α-hetero) is 2. The molecule has 3 aliphatic carbocycles. The summed E-state index contributed by atoms with van der Waals surface area (Å²) in [7, 11) is 0. The van der Waals surface area contributed by atoms with Gasteiger partial charge in [-0.25, -0.2) is 0 Å². The maximum atomic E-state index is 10.8. The number of carbonyl (C=O) groups is 2. The molecule has 2 atom stereocenters. The Bertz CT molecular complexity index is 215. The smallest absolute Gasteiger partial charge is 0.202 e. The summed E-state index contributed by atoms with van der Waals surface area (Å²) in [6.45, 7) is 0. The summed E-state index contributed by atoms with van der Waals surface area (Å²) in [5.41, 5.74) is 0.272. The van der Waals surface area contributed by atoms with Gasteiger partial charge in [-0.05, 0) is 18.3 Å². The fourth-order valence-electron chi connectivity index (χ4n) is 2.30. The lowest BCUT2D eigenvalue weighted by Gasteiger charge is -1.86. The lowest BCUT2D eigenvalue weighted by atomic mass is 10.2. The summed E-state index contributed by atoms with van der Waals surface area (Å²) in [5, 5.41) is 0. The molecule has 0 aromatic rings. The van der Waals surface area contributed by atoms with Crippen LogP contribution in [0.2, 0.25) is 0 Å². The van der Waals surface area contributed by atoms with Crippen LogP contribution in [0.25, 0.3) is 0 Å². The van der Waals surface area contributed by atoms with Crippen molar-refractivity contribution in [1.29, 1.82) is 0 Å². The Balaban J connectivity index is 2.17. The Hall–Kier alpha value is -0.660. The third kappa shape index (κ3) is 0.243. The molecule has 0 saturated heterocycles. The molecule has 3 fully saturated rings. The van der Waals surface area contributed by atoms with Gasteiger partial charge in [0.05, 0.1) is 0 Å². The molecule has 3 aliphatic rings. The van der Waals surface area contributed by atoms with Crippen LogP contribution in [-0.2, 0) is 9.59 Å². The minimum atomic E-state index is -0.0637. The lowest BCUT2D eigenvalue weighted by molar-refractivity contribution is -0.136. The molecule has 0 heterocycles. The average Bonchev–Trinajstić information content (AvgIpc) is 2.66. The normalized spacial score (nSPS) is 59.1. The zero-order valence-electron chi connectivity index (χ0n) is 4.89. The second-order valence-corrected chi connectivity index (χ2v) is 3.48. The molecule has 2 nitrogen and oxygen atoms in total. The molecular weight excluding hydrogens is 116 g/mol. The van der Waals surface area contributed by atoms with E-state index in [1.54, 1.807) is 0 Å². The van der Waals surface area contributed by atoms with Gasteiger partial charge in [0.1, 0.15) is 0 Å². The van der Waals surface area contributed by atoms with Crippen LogP contribution in [0, 0.1) is 17.3 Å². The van der Waals surface area contributed by atoms with E-state index >= 15 is 0 Å². The van der Waals surface area contributed by atoms with E-state index in [1.807, 2.05) is 0 Å². The lowest BCUT2D eigenvalue weighted by Crippen LogP contribution is -2.12. The number of ketones is 2. The molecule has 0 aliphatic heterocycles. The number of hydrogen-bond acceptors (Lipinski definition) is 2. The summed E-state index contributed by atoms with van der Waals surface area (Å²) in [6.07, 6.45) is 2.06. The van der Waals surface area contributed by atoms with Crippen molar-refractivity contribution in [3.8, 4) is 0 Å². The molecule has 0 aromatic carbocycles. The minimum absolute atomic E-state index is 0.0637. The summed E-state index contributed by atoms with van der Waals surface area (Å²) >= 11 is 0. The number of hydrogen-bond donors (Lipinski definition) is 0. The molecule has 2 heteroatoms. The molecule has 46 valence electrons. The van der Waals surface area contributed by atoms with E-state index in [0.29, 0.717) is 0 Å². The molecule has 2 unspecified atom stereocenters. The summed E-state index contributed by atoms with van der Waals surface area (Å²) in [6, 6.07) is 0. The largest absolute Gasteiger partial charge is 0.291 e. The van der Waals surface area contributed by atoms with Gasteiger partial charge in [0.25, 0.3) is 0 Å². The Morgan fingerprint density at radius 3 is 1.78 bits per heavy atom. The van der Waals surface area contributed by atoms with Gasteiger partial charge in [0.15, 0.2) is 0 Å². The monoisotopic (exact) mass is 122 g/mol. The van der Waals surface area contributed by atoms with E-state index in [4.69, 9.17) is 0 Å². The maximum absolute atomic E-state index is 10.8. The van der Waals surface area contributed by atoms with Crippen LogP contribution in [-0.4, -0.2) is 11.6 Å². The molecule has 0 N–H and O–H groups in total. The third-order valence-electron chi connectivity index (χ3n) is 3.11. The fraction of sp³-hybridized carbons (Fsp3) is 0.714. The molecule has 0 aromatic heterocycles. The van der Waals surface area contributed by atoms with Crippen LogP contribution in [0.3, 0.4) is 0 Å². The highest BCUT2D eigenvalue weighted by molar-refractivity contribution is 6.44. The molecule has 3 rings (SSSR count). The topological polar surface area (TPSA) is 34.1 Å². The van der Waals surface area contributed by atoms with Crippen LogP contribution in [0.1, 0.15) is 12.8 Å². The molecular formula is C7H6O2. The Morgan fingerprint density at radius 1 is 1.11 bits per heavy atom. The van der Waals surface area contributed by atoms with Crippen molar-refractivity contribution in [2.24, 2.45) is 17.3 Å². The second-order valence-electron chi connectivity index (χ2n) is 3.48. The quantitative estimate of drug-likeness (QED) is 0.429. The van der Waals surface area contributed by atoms with Gasteiger partial charge in [0, 0.05) is 11.8 Å². The maximum Gasteiger partial charge on any atom is 0.202 e. The summed E-state index contributed by atoms with van der Waals surface area (Å²) in [4.78, 5) is 21.7. The van der Waals surface area contributed by atoms with Crippen LogP contribution in [0.5, 0.6) is 0 Å². The van der Waals surface area contributed by atoms with Gasteiger partial charge < -0.3 is 0 Å². The van der Waals surface area contributed by atoms with Crippen molar-refractivity contribution in [1.82, 2.24) is 0 Å². The first-order chi connectivity index (χ1) is 4.26. The van der Waals surface area contributed by atoms with Crippen LogP contribution in [0.4, 0.5) is 0 Å². The molecule has 3 saturated carbocycles. The van der Waals surface area contributed by atoms with E-state index in [9.17, 15) is 9.59 Å². The highest BCUT2D eigenvalue weighted by atomic mass is 16.2. The van der Waals surface area contributed by atoms with Gasteiger partial charge in [0.2, 0.25) is 11.6 Å². The zero-order valence-corrected chi connectivity index (χ0v) is 4.89. The van der Waals surface area contributed by atoms with Gasteiger partial charge >= 0.3 is 0 Å². The number of rotatable bonds is 0. The molecule has 0 amide bonds. The first kappa shape index (κ1) is 4.20. The standard InChI is InChI=1S/C7H6O2/c8-5-3-1-7(3)2-4(7)6(5)9/h3-4H,1-2H2. The highest BCUT2D eigenvalue weighted by Gasteiger charge is 2.81. The fourth-order valence-corrected chi connectivity index (χ4v) is 2.30. The van der Waals surface area contributed by atoms with Crippen molar-refractivity contribution in [3.05, 3.63) is 0 Å². The van der Waals surface area contributed by atoms with E-state index in [-0.39, 0.29) is 28.8 Å². The van der Waals surface area contributed by atoms with Crippen molar-refractivity contribution >= 4 is 11.6 Å². The molecule has 0 radical (unpaired) electrons. The number of carbonyl (C=O) groups excluding carboxylic acids is 2. The molecule has 0 bridgehead atoms. The van der Waals surface area contributed by atoms with Crippen molar-refractivity contribution in [2.75, 3.05) is 0 Å². The summed E-state index contributed by atoms with van der Waals surface area (Å²) in [5.74, 6) is 0.252. The predicted molar refractivity (Wildman–Crippen MR) is 28.7 cm³/mol. The SMILES string of the molecule is O=C1C(=O)C2CC23CC13. The second kappa shape index (κ2) is 0.789. The van der Waals surface area contributed by atoms with E-state index in [1.165, 1.54) is 0 Å².